The van der Waals surface area contributed by atoms with Gasteiger partial charge in [0.2, 0.25) is 0 Å². The van der Waals surface area contributed by atoms with Gasteiger partial charge in [-0.1, -0.05) is 149 Å². The average molecular weight is 543 g/mol. The van der Waals surface area contributed by atoms with Crippen molar-refractivity contribution < 1.29 is 0 Å². The van der Waals surface area contributed by atoms with Gasteiger partial charge in [-0.05, 0) is 91.8 Å². The molecule has 0 aliphatic heterocycles. The lowest BCUT2D eigenvalue weighted by Gasteiger charge is -2.21. The molecule has 5 aromatic rings. The second kappa shape index (κ2) is 9.57. The van der Waals surface area contributed by atoms with Crippen molar-refractivity contribution in [2.75, 3.05) is 0 Å². The highest BCUT2D eigenvalue weighted by Crippen LogP contribution is 2.50. The van der Waals surface area contributed by atoms with E-state index in [4.69, 9.17) is 0 Å². The van der Waals surface area contributed by atoms with E-state index in [1.165, 1.54) is 77.9 Å². The summed E-state index contributed by atoms with van der Waals surface area (Å²) >= 11 is 0. The maximum Gasteiger partial charge on any atom is 0.0159 e. The molecule has 5 aromatic carbocycles. The van der Waals surface area contributed by atoms with Gasteiger partial charge in [-0.25, -0.2) is 0 Å². The van der Waals surface area contributed by atoms with Crippen LogP contribution in [0.5, 0.6) is 0 Å². The zero-order valence-electron chi connectivity index (χ0n) is 25.5. The van der Waals surface area contributed by atoms with Gasteiger partial charge in [-0.15, -0.1) is 0 Å². The first-order chi connectivity index (χ1) is 20.1. The van der Waals surface area contributed by atoms with E-state index in [9.17, 15) is 0 Å². The van der Waals surface area contributed by atoms with E-state index in [2.05, 4.69) is 163 Å². The SMILES string of the molecule is C/C(=C\c1ccc2c(c1)C(C)(C)c1ccccc1-2)c1ccc(/C(C)=C/c2ccc3c(c2)C(C)(C)c2ccccc2-3)cc1. The summed E-state index contributed by atoms with van der Waals surface area (Å²) in [6.45, 7) is 13.8. The molecule has 2 aliphatic carbocycles. The van der Waals surface area contributed by atoms with Crippen LogP contribution in [0.1, 0.15) is 86.1 Å². The topological polar surface area (TPSA) is 0 Å². The van der Waals surface area contributed by atoms with Gasteiger partial charge in [0.05, 0.1) is 0 Å². The highest BCUT2D eigenvalue weighted by molar-refractivity contribution is 5.87. The van der Waals surface area contributed by atoms with Gasteiger partial charge in [0.1, 0.15) is 0 Å². The van der Waals surface area contributed by atoms with E-state index in [1.54, 1.807) is 0 Å². The summed E-state index contributed by atoms with van der Waals surface area (Å²) in [7, 11) is 0. The van der Waals surface area contributed by atoms with Crippen molar-refractivity contribution >= 4 is 23.3 Å². The van der Waals surface area contributed by atoms with Crippen LogP contribution in [0.15, 0.2) is 109 Å². The Morgan fingerprint density at radius 2 is 0.786 bits per heavy atom. The standard InChI is InChI=1S/C42H38/c1-27(23-29-15-21-35-33-11-7-9-13-37(33)41(3,4)39(35)25-29)31-17-19-32(20-18-31)28(2)24-30-16-22-36-34-12-8-10-14-38(34)42(5,6)40(36)26-30/h7-26H,1-6H3/b27-23+,28-24+. The van der Waals surface area contributed by atoms with Crippen LogP contribution in [-0.2, 0) is 10.8 Å². The Balaban J connectivity index is 1.13. The smallest absolute Gasteiger partial charge is 0.0159 e. The highest BCUT2D eigenvalue weighted by Gasteiger charge is 2.36. The van der Waals surface area contributed by atoms with Crippen molar-refractivity contribution in [2.24, 2.45) is 0 Å². The number of hydrogen-bond donors (Lipinski definition) is 0. The maximum atomic E-state index is 2.39. The molecule has 0 aromatic heterocycles. The van der Waals surface area contributed by atoms with Crippen molar-refractivity contribution in [3.05, 3.63) is 154 Å². The first kappa shape index (κ1) is 26.5. The summed E-state index contributed by atoms with van der Waals surface area (Å²) in [5.41, 5.74) is 18.8. The van der Waals surface area contributed by atoms with Crippen molar-refractivity contribution in [1.29, 1.82) is 0 Å². The Bertz CT molecular complexity index is 1780. The summed E-state index contributed by atoms with van der Waals surface area (Å²) in [6, 6.07) is 40.6. The predicted octanol–water partition coefficient (Wildman–Crippen LogP) is 11.4. The third-order valence-electron chi connectivity index (χ3n) is 9.78. The van der Waals surface area contributed by atoms with Crippen LogP contribution >= 0.6 is 0 Å². The normalized spacial score (nSPS) is 16.0. The van der Waals surface area contributed by atoms with Crippen molar-refractivity contribution in [3.8, 4) is 22.3 Å². The number of benzene rings is 5. The lowest BCUT2D eigenvalue weighted by molar-refractivity contribution is 0.660. The largest absolute Gasteiger partial charge is 0.0619 e. The van der Waals surface area contributed by atoms with Gasteiger partial charge in [-0.3, -0.25) is 0 Å². The molecule has 0 amide bonds. The molecule has 206 valence electrons. The van der Waals surface area contributed by atoms with E-state index in [1.807, 2.05) is 0 Å². The lowest BCUT2D eigenvalue weighted by atomic mass is 9.82. The predicted molar refractivity (Wildman–Crippen MR) is 182 cm³/mol. The van der Waals surface area contributed by atoms with Crippen LogP contribution in [0.4, 0.5) is 0 Å². The highest BCUT2D eigenvalue weighted by atomic mass is 14.4. The Morgan fingerprint density at radius 1 is 0.429 bits per heavy atom. The molecule has 42 heavy (non-hydrogen) atoms. The van der Waals surface area contributed by atoms with Gasteiger partial charge in [-0.2, -0.15) is 0 Å². The Kier molecular flexibility index (Phi) is 6.03. The van der Waals surface area contributed by atoms with Gasteiger partial charge in [0.25, 0.3) is 0 Å². The van der Waals surface area contributed by atoms with E-state index < -0.39 is 0 Å². The molecular formula is C42H38. The molecule has 0 atom stereocenters. The molecular weight excluding hydrogens is 504 g/mol. The minimum atomic E-state index is 0.0216. The molecule has 0 saturated heterocycles. The minimum absolute atomic E-state index is 0.0216. The second-order valence-corrected chi connectivity index (χ2v) is 13.2. The minimum Gasteiger partial charge on any atom is -0.0619 e. The van der Waals surface area contributed by atoms with Crippen LogP contribution in [0.3, 0.4) is 0 Å². The zero-order chi connectivity index (χ0) is 29.2. The summed E-state index contributed by atoms with van der Waals surface area (Å²) in [6.07, 6.45) is 4.64. The molecule has 7 rings (SSSR count). The quantitative estimate of drug-likeness (QED) is 0.198. The molecule has 0 radical (unpaired) electrons. The number of allylic oxidation sites excluding steroid dienone is 2. The number of fused-ring (bicyclic) bond motifs is 6. The van der Waals surface area contributed by atoms with Crippen LogP contribution in [-0.4, -0.2) is 0 Å². The van der Waals surface area contributed by atoms with Crippen molar-refractivity contribution in [3.63, 3.8) is 0 Å². The molecule has 2 aliphatic rings. The zero-order valence-corrected chi connectivity index (χ0v) is 25.5. The third kappa shape index (κ3) is 4.12. The molecule has 0 fully saturated rings. The first-order valence-electron chi connectivity index (χ1n) is 15.1. The molecule has 0 heteroatoms. The lowest BCUT2D eigenvalue weighted by Crippen LogP contribution is -2.14. The molecule has 0 bridgehead atoms. The van der Waals surface area contributed by atoms with Crippen molar-refractivity contribution in [1.82, 2.24) is 0 Å². The van der Waals surface area contributed by atoms with Crippen LogP contribution in [0.25, 0.3) is 45.6 Å². The van der Waals surface area contributed by atoms with Crippen LogP contribution in [0.2, 0.25) is 0 Å². The summed E-state index contributed by atoms with van der Waals surface area (Å²) in [5, 5.41) is 0. The average Bonchev–Trinajstić information content (AvgIpc) is 3.36. The summed E-state index contributed by atoms with van der Waals surface area (Å²) in [5.74, 6) is 0. The van der Waals surface area contributed by atoms with E-state index in [-0.39, 0.29) is 10.8 Å². The van der Waals surface area contributed by atoms with E-state index in [0.717, 1.165) is 0 Å². The van der Waals surface area contributed by atoms with E-state index >= 15 is 0 Å². The molecule has 0 heterocycles. The van der Waals surface area contributed by atoms with Crippen LogP contribution < -0.4 is 0 Å². The van der Waals surface area contributed by atoms with Gasteiger partial charge in [0, 0.05) is 10.8 Å². The van der Waals surface area contributed by atoms with Gasteiger partial charge < -0.3 is 0 Å². The molecule has 0 saturated carbocycles. The second-order valence-electron chi connectivity index (χ2n) is 13.2. The fourth-order valence-electron chi connectivity index (χ4n) is 7.29. The Hall–Kier alpha value is -4.42. The molecule has 0 N–H and O–H groups in total. The Morgan fingerprint density at radius 3 is 1.19 bits per heavy atom. The summed E-state index contributed by atoms with van der Waals surface area (Å²) in [4.78, 5) is 0. The van der Waals surface area contributed by atoms with Crippen molar-refractivity contribution in [2.45, 2.75) is 52.4 Å². The fourth-order valence-corrected chi connectivity index (χ4v) is 7.29. The van der Waals surface area contributed by atoms with Gasteiger partial charge in [0.15, 0.2) is 0 Å². The fraction of sp³-hybridized carbons (Fsp3) is 0.190. The Labute approximate surface area is 251 Å². The van der Waals surface area contributed by atoms with E-state index in [0.29, 0.717) is 0 Å². The monoisotopic (exact) mass is 542 g/mol. The van der Waals surface area contributed by atoms with Gasteiger partial charge >= 0.3 is 0 Å². The van der Waals surface area contributed by atoms with Crippen LogP contribution in [0, 0.1) is 0 Å². The number of rotatable bonds is 4. The molecule has 0 nitrogen and oxygen atoms in total. The summed E-state index contributed by atoms with van der Waals surface area (Å²) < 4.78 is 0. The third-order valence-corrected chi connectivity index (χ3v) is 9.78. The maximum absolute atomic E-state index is 2.39. The molecule has 0 unspecified atom stereocenters. The first-order valence-corrected chi connectivity index (χ1v) is 15.1. The molecule has 0 spiro atoms. The number of hydrogen-bond acceptors (Lipinski definition) is 0.